The van der Waals surface area contributed by atoms with Gasteiger partial charge in [0, 0.05) is 13.3 Å². The van der Waals surface area contributed by atoms with E-state index in [2.05, 4.69) is 10.6 Å². The SMILES string of the molecule is CC(=O)NC(=Cc1ccccc1)C(=O)N[C@@H](Cc1ccc(O)cc1)C(=O)O. The Kier molecular flexibility index (Phi) is 6.71. The number of carboxylic acids is 1. The number of aromatic hydroxyl groups is 1. The maximum Gasteiger partial charge on any atom is 0.326 e. The van der Waals surface area contributed by atoms with Crippen molar-refractivity contribution >= 4 is 23.9 Å². The average Bonchev–Trinajstić information content (AvgIpc) is 2.62. The number of aliphatic carboxylic acids is 1. The Bertz CT molecular complexity index is 844. The highest BCUT2D eigenvalue weighted by Gasteiger charge is 2.22. The maximum atomic E-state index is 12.5. The van der Waals surface area contributed by atoms with Gasteiger partial charge in [-0.05, 0) is 29.3 Å². The predicted molar refractivity (Wildman–Crippen MR) is 99.6 cm³/mol. The first kappa shape index (κ1) is 19.7. The van der Waals surface area contributed by atoms with Crippen molar-refractivity contribution in [2.75, 3.05) is 0 Å². The lowest BCUT2D eigenvalue weighted by molar-refractivity contribution is -0.141. The molecule has 0 radical (unpaired) electrons. The highest BCUT2D eigenvalue weighted by molar-refractivity contribution is 6.02. The zero-order valence-corrected chi connectivity index (χ0v) is 14.7. The molecular formula is C20H20N2O5. The standard InChI is InChI=1S/C20H20N2O5/c1-13(23)21-17(11-14-5-3-2-4-6-14)19(25)22-18(20(26)27)12-15-7-9-16(24)10-8-15/h2-11,18,24H,12H2,1H3,(H,21,23)(H,22,25)(H,26,27)/t18-/m0/s1. The van der Waals surface area contributed by atoms with E-state index in [9.17, 15) is 24.6 Å². The molecule has 0 saturated carbocycles. The van der Waals surface area contributed by atoms with Gasteiger partial charge in [0.05, 0.1) is 0 Å². The number of phenolic OH excluding ortho intramolecular Hbond substituents is 1. The third-order valence-corrected chi connectivity index (χ3v) is 3.65. The van der Waals surface area contributed by atoms with Crippen molar-refractivity contribution < 1.29 is 24.6 Å². The molecule has 0 saturated heterocycles. The number of carboxylic acid groups (broad SMARTS) is 1. The lowest BCUT2D eigenvalue weighted by Crippen LogP contribution is -2.45. The van der Waals surface area contributed by atoms with Crippen LogP contribution >= 0.6 is 0 Å². The molecule has 0 spiro atoms. The molecule has 2 amide bonds. The summed E-state index contributed by atoms with van der Waals surface area (Å²) in [6.45, 7) is 1.26. The minimum absolute atomic E-state index is 0.0278. The minimum atomic E-state index is -1.21. The van der Waals surface area contributed by atoms with E-state index >= 15 is 0 Å². The molecule has 2 rings (SSSR count). The van der Waals surface area contributed by atoms with E-state index in [1.54, 1.807) is 36.4 Å². The molecule has 7 nitrogen and oxygen atoms in total. The fraction of sp³-hybridized carbons (Fsp3) is 0.150. The number of rotatable bonds is 7. The quantitative estimate of drug-likeness (QED) is 0.555. The Morgan fingerprint density at radius 1 is 1.04 bits per heavy atom. The fourth-order valence-corrected chi connectivity index (χ4v) is 2.37. The molecule has 4 N–H and O–H groups in total. The van der Waals surface area contributed by atoms with Gasteiger partial charge >= 0.3 is 5.97 Å². The Morgan fingerprint density at radius 3 is 2.22 bits per heavy atom. The molecule has 2 aromatic carbocycles. The first-order chi connectivity index (χ1) is 12.8. The topological polar surface area (TPSA) is 116 Å². The molecule has 0 aliphatic heterocycles. The van der Waals surface area contributed by atoms with Crippen LogP contribution in [0.3, 0.4) is 0 Å². The third-order valence-electron chi connectivity index (χ3n) is 3.65. The highest BCUT2D eigenvalue weighted by Crippen LogP contribution is 2.12. The summed E-state index contributed by atoms with van der Waals surface area (Å²) in [4.78, 5) is 35.5. The van der Waals surface area contributed by atoms with Gasteiger partial charge in [0.15, 0.2) is 0 Å². The summed E-state index contributed by atoms with van der Waals surface area (Å²) in [5.74, 6) is -2.30. The zero-order chi connectivity index (χ0) is 19.8. The Balaban J connectivity index is 2.19. The van der Waals surface area contributed by atoms with Crippen molar-refractivity contribution in [2.45, 2.75) is 19.4 Å². The average molecular weight is 368 g/mol. The molecular weight excluding hydrogens is 348 g/mol. The van der Waals surface area contributed by atoms with E-state index in [4.69, 9.17) is 0 Å². The van der Waals surface area contributed by atoms with Crippen molar-refractivity contribution in [1.82, 2.24) is 10.6 Å². The highest BCUT2D eigenvalue weighted by atomic mass is 16.4. The lowest BCUT2D eigenvalue weighted by atomic mass is 10.1. The number of nitrogens with one attached hydrogen (secondary N) is 2. The van der Waals surface area contributed by atoms with Crippen molar-refractivity contribution in [3.63, 3.8) is 0 Å². The Labute approximate surface area is 156 Å². The number of phenols is 1. The van der Waals surface area contributed by atoms with Gasteiger partial charge in [0.2, 0.25) is 5.91 Å². The van der Waals surface area contributed by atoms with E-state index in [1.165, 1.54) is 25.1 Å². The number of hydrogen-bond acceptors (Lipinski definition) is 4. The Morgan fingerprint density at radius 2 is 1.67 bits per heavy atom. The Hall–Kier alpha value is -3.61. The number of carbonyl (C=O) groups is 3. The summed E-state index contributed by atoms with van der Waals surface area (Å²) in [7, 11) is 0. The van der Waals surface area contributed by atoms with Crippen LogP contribution < -0.4 is 10.6 Å². The number of hydrogen-bond donors (Lipinski definition) is 4. The molecule has 0 fully saturated rings. The predicted octanol–water partition coefficient (Wildman–Crippen LogP) is 1.68. The van der Waals surface area contributed by atoms with Gasteiger partial charge in [0.1, 0.15) is 17.5 Å². The smallest absolute Gasteiger partial charge is 0.326 e. The van der Waals surface area contributed by atoms with Crippen LogP contribution in [0.25, 0.3) is 6.08 Å². The fourth-order valence-electron chi connectivity index (χ4n) is 2.37. The number of amides is 2. The van der Waals surface area contributed by atoms with Gasteiger partial charge < -0.3 is 20.8 Å². The first-order valence-corrected chi connectivity index (χ1v) is 8.21. The van der Waals surface area contributed by atoms with E-state index in [0.717, 1.165) is 0 Å². The lowest BCUT2D eigenvalue weighted by Gasteiger charge is -2.16. The molecule has 27 heavy (non-hydrogen) atoms. The van der Waals surface area contributed by atoms with Crippen LogP contribution in [0.4, 0.5) is 0 Å². The van der Waals surface area contributed by atoms with Gasteiger partial charge in [-0.1, -0.05) is 42.5 Å². The summed E-state index contributed by atoms with van der Waals surface area (Å²) < 4.78 is 0. The van der Waals surface area contributed by atoms with Crippen LogP contribution in [0.2, 0.25) is 0 Å². The summed E-state index contributed by atoms with van der Waals surface area (Å²) in [6.07, 6.45) is 1.50. The summed E-state index contributed by atoms with van der Waals surface area (Å²) in [5.41, 5.74) is 1.26. The molecule has 0 unspecified atom stereocenters. The van der Waals surface area contributed by atoms with Crippen LogP contribution in [-0.4, -0.2) is 34.0 Å². The molecule has 0 heterocycles. The molecule has 0 aromatic heterocycles. The normalized spacial score (nSPS) is 12.1. The van der Waals surface area contributed by atoms with Crippen molar-refractivity contribution in [1.29, 1.82) is 0 Å². The second kappa shape index (κ2) is 9.19. The van der Waals surface area contributed by atoms with Gasteiger partial charge in [-0.2, -0.15) is 0 Å². The van der Waals surface area contributed by atoms with Crippen LogP contribution in [0.1, 0.15) is 18.1 Å². The van der Waals surface area contributed by atoms with Crippen LogP contribution in [0, 0.1) is 0 Å². The van der Waals surface area contributed by atoms with E-state index < -0.39 is 23.8 Å². The van der Waals surface area contributed by atoms with Crippen molar-refractivity contribution in [3.8, 4) is 5.75 Å². The van der Waals surface area contributed by atoms with Crippen LogP contribution in [-0.2, 0) is 20.8 Å². The largest absolute Gasteiger partial charge is 0.508 e. The molecule has 2 aromatic rings. The third kappa shape index (κ3) is 6.32. The second-order valence-electron chi connectivity index (χ2n) is 5.88. The van der Waals surface area contributed by atoms with Crippen molar-refractivity contribution in [2.24, 2.45) is 0 Å². The van der Waals surface area contributed by atoms with Gasteiger partial charge in [-0.3, -0.25) is 9.59 Å². The molecule has 7 heteroatoms. The molecule has 1 atom stereocenters. The molecule has 0 bridgehead atoms. The molecule has 0 aliphatic carbocycles. The van der Waals surface area contributed by atoms with E-state index in [-0.39, 0.29) is 17.9 Å². The van der Waals surface area contributed by atoms with Crippen LogP contribution in [0.15, 0.2) is 60.3 Å². The van der Waals surface area contributed by atoms with Gasteiger partial charge in [0.25, 0.3) is 5.91 Å². The minimum Gasteiger partial charge on any atom is -0.508 e. The summed E-state index contributed by atoms with van der Waals surface area (Å²) in [6, 6.07) is 13.7. The summed E-state index contributed by atoms with van der Waals surface area (Å²) in [5, 5.41) is 23.6. The van der Waals surface area contributed by atoms with Gasteiger partial charge in [-0.25, -0.2) is 4.79 Å². The number of benzene rings is 2. The summed E-state index contributed by atoms with van der Waals surface area (Å²) >= 11 is 0. The maximum absolute atomic E-state index is 12.5. The first-order valence-electron chi connectivity index (χ1n) is 8.21. The monoisotopic (exact) mass is 368 g/mol. The molecule has 0 aliphatic rings. The number of carbonyl (C=O) groups excluding carboxylic acids is 2. The molecule has 140 valence electrons. The van der Waals surface area contributed by atoms with Crippen molar-refractivity contribution in [3.05, 3.63) is 71.4 Å². The second-order valence-corrected chi connectivity index (χ2v) is 5.88. The van der Waals surface area contributed by atoms with Crippen LogP contribution in [0.5, 0.6) is 5.75 Å². The van der Waals surface area contributed by atoms with Gasteiger partial charge in [-0.15, -0.1) is 0 Å². The van der Waals surface area contributed by atoms with E-state index in [1.807, 2.05) is 6.07 Å². The zero-order valence-electron chi connectivity index (χ0n) is 14.7. The van der Waals surface area contributed by atoms with E-state index in [0.29, 0.717) is 11.1 Å².